The third kappa shape index (κ3) is 5.25. The van der Waals surface area contributed by atoms with Crippen molar-refractivity contribution in [2.45, 2.75) is 84.7 Å². The molecule has 21 heavy (non-hydrogen) atoms. The molecule has 0 saturated heterocycles. The van der Waals surface area contributed by atoms with E-state index in [-0.39, 0.29) is 0 Å². The average molecular weight is 295 g/mol. The second-order valence-corrected chi connectivity index (χ2v) is 7.86. The van der Waals surface area contributed by atoms with E-state index in [1.54, 1.807) is 0 Å². The summed E-state index contributed by atoms with van der Waals surface area (Å²) < 4.78 is 0. The molecule has 0 heterocycles. The van der Waals surface area contributed by atoms with Crippen LogP contribution in [0.5, 0.6) is 0 Å². The van der Waals surface area contributed by atoms with Crippen LogP contribution in [0.25, 0.3) is 0 Å². The third-order valence-electron chi connectivity index (χ3n) is 5.67. The Morgan fingerprint density at radius 1 is 1.05 bits per heavy atom. The summed E-state index contributed by atoms with van der Waals surface area (Å²) in [7, 11) is 0. The smallest absolute Gasteiger partial charge is 0.0108 e. The molecule has 3 atom stereocenters. The molecule has 0 aromatic rings. The maximum absolute atomic E-state index is 3.86. The van der Waals surface area contributed by atoms with Crippen LogP contribution in [0.4, 0.5) is 0 Å². The van der Waals surface area contributed by atoms with Crippen LogP contribution < -0.4 is 5.32 Å². The average Bonchev–Trinajstić information content (AvgIpc) is 3.29. The summed E-state index contributed by atoms with van der Waals surface area (Å²) in [5.41, 5.74) is 0. The van der Waals surface area contributed by atoms with Crippen LogP contribution in [0.15, 0.2) is 0 Å². The number of nitrogens with zero attached hydrogens (tertiary/aromatic N) is 1. The van der Waals surface area contributed by atoms with E-state index in [1.807, 2.05) is 0 Å². The number of rotatable bonds is 9. The maximum atomic E-state index is 3.86. The second kappa shape index (κ2) is 8.53. The first-order valence-electron chi connectivity index (χ1n) is 9.63. The molecule has 0 amide bonds. The van der Waals surface area contributed by atoms with Gasteiger partial charge in [0.1, 0.15) is 0 Å². The van der Waals surface area contributed by atoms with Gasteiger partial charge in [-0.1, -0.05) is 27.7 Å². The van der Waals surface area contributed by atoms with Gasteiger partial charge in [-0.15, -0.1) is 0 Å². The molecule has 2 aliphatic rings. The SMILES string of the molecule is CCCNC1CCC(C(C)C)CC1CN(CCC)C1CC1. The van der Waals surface area contributed by atoms with E-state index in [0.29, 0.717) is 0 Å². The van der Waals surface area contributed by atoms with Crippen molar-refractivity contribution < 1.29 is 0 Å². The molecule has 0 bridgehead atoms. The van der Waals surface area contributed by atoms with E-state index < -0.39 is 0 Å². The molecule has 0 aliphatic heterocycles. The molecular formula is C19H38N2. The minimum Gasteiger partial charge on any atom is -0.314 e. The van der Waals surface area contributed by atoms with E-state index >= 15 is 0 Å². The molecule has 2 rings (SSSR count). The minimum absolute atomic E-state index is 0.776. The van der Waals surface area contributed by atoms with Gasteiger partial charge < -0.3 is 10.2 Å². The summed E-state index contributed by atoms with van der Waals surface area (Å²) in [6.07, 6.45) is 9.76. The quantitative estimate of drug-likeness (QED) is 0.682. The summed E-state index contributed by atoms with van der Waals surface area (Å²) in [4.78, 5) is 2.81. The molecular weight excluding hydrogens is 256 g/mol. The monoisotopic (exact) mass is 294 g/mol. The Balaban J connectivity index is 1.93. The van der Waals surface area contributed by atoms with Crippen molar-refractivity contribution in [1.82, 2.24) is 10.2 Å². The second-order valence-electron chi connectivity index (χ2n) is 7.86. The van der Waals surface area contributed by atoms with Crippen molar-refractivity contribution >= 4 is 0 Å². The molecule has 0 spiro atoms. The molecule has 2 fully saturated rings. The molecule has 2 nitrogen and oxygen atoms in total. The van der Waals surface area contributed by atoms with Crippen molar-refractivity contribution in [3.05, 3.63) is 0 Å². The predicted octanol–water partition coefficient (Wildman–Crippen LogP) is 4.30. The fourth-order valence-corrected chi connectivity index (χ4v) is 4.16. The fourth-order valence-electron chi connectivity index (χ4n) is 4.16. The Bertz CT molecular complexity index is 285. The lowest BCUT2D eigenvalue weighted by molar-refractivity contribution is 0.117. The van der Waals surface area contributed by atoms with Crippen molar-refractivity contribution in [3.8, 4) is 0 Å². The molecule has 2 saturated carbocycles. The lowest BCUT2D eigenvalue weighted by Gasteiger charge is -2.41. The van der Waals surface area contributed by atoms with Gasteiger partial charge in [0.2, 0.25) is 0 Å². The minimum atomic E-state index is 0.776. The Labute approximate surface area is 133 Å². The van der Waals surface area contributed by atoms with Gasteiger partial charge in [-0.25, -0.2) is 0 Å². The number of hydrogen-bond acceptors (Lipinski definition) is 2. The van der Waals surface area contributed by atoms with Gasteiger partial charge >= 0.3 is 0 Å². The highest BCUT2D eigenvalue weighted by molar-refractivity contribution is 4.91. The van der Waals surface area contributed by atoms with Crippen LogP contribution in [0, 0.1) is 17.8 Å². The van der Waals surface area contributed by atoms with Gasteiger partial charge in [0.15, 0.2) is 0 Å². The first-order chi connectivity index (χ1) is 10.2. The van der Waals surface area contributed by atoms with Crippen molar-refractivity contribution in [2.75, 3.05) is 19.6 Å². The van der Waals surface area contributed by atoms with E-state index in [9.17, 15) is 0 Å². The highest BCUT2D eigenvalue weighted by Gasteiger charge is 2.36. The largest absolute Gasteiger partial charge is 0.314 e. The lowest BCUT2D eigenvalue weighted by atomic mass is 9.73. The van der Waals surface area contributed by atoms with Crippen LogP contribution >= 0.6 is 0 Å². The summed E-state index contributed by atoms with van der Waals surface area (Å²) in [6, 6.07) is 1.70. The van der Waals surface area contributed by atoms with Gasteiger partial charge in [-0.05, 0) is 75.8 Å². The van der Waals surface area contributed by atoms with Crippen molar-refractivity contribution in [2.24, 2.45) is 17.8 Å². The topological polar surface area (TPSA) is 15.3 Å². The highest BCUT2D eigenvalue weighted by Crippen LogP contribution is 2.36. The Morgan fingerprint density at radius 2 is 1.81 bits per heavy atom. The van der Waals surface area contributed by atoms with Gasteiger partial charge in [0.25, 0.3) is 0 Å². The molecule has 2 aliphatic carbocycles. The van der Waals surface area contributed by atoms with Gasteiger partial charge in [0, 0.05) is 18.6 Å². The van der Waals surface area contributed by atoms with Crippen molar-refractivity contribution in [1.29, 1.82) is 0 Å². The summed E-state index contributed by atoms with van der Waals surface area (Å²) in [5, 5.41) is 3.86. The molecule has 1 N–H and O–H groups in total. The summed E-state index contributed by atoms with van der Waals surface area (Å²) >= 11 is 0. The van der Waals surface area contributed by atoms with Crippen LogP contribution in [-0.2, 0) is 0 Å². The molecule has 0 aromatic carbocycles. The first kappa shape index (κ1) is 17.3. The molecule has 0 aromatic heterocycles. The number of nitrogens with one attached hydrogen (secondary N) is 1. The van der Waals surface area contributed by atoms with Crippen molar-refractivity contribution in [3.63, 3.8) is 0 Å². The molecule has 0 radical (unpaired) electrons. The van der Waals surface area contributed by atoms with Crippen LogP contribution in [0.1, 0.15) is 72.6 Å². The first-order valence-corrected chi connectivity index (χ1v) is 9.63. The Morgan fingerprint density at radius 3 is 2.38 bits per heavy atom. The van der Waals surface area contributed by atoms with Crippen LogP contribution in [0.3, 0.4) is 0 Å². The standard InChI is InChI=1S/C19H38N2/c1-5-11-20-19-10-7-16(15(3)4)13-17(19)14-21(12-6-2)18-8-9-18/h15-20H,5-14H2,1-4H3. The van der Waals surface area contributed by atoms with Gasteiger partial charge in [-0.3, -0.25) is 0 Å². The van der Waals surface area contributed by atoms with E-state index in [1.165, 1.54) is 64.6 Å². The van der Waals surface area contributed by atoms with E-state index in [2.05, 4.69) is 37.9 Å². The lowest BCUT2D eigenvalue weighted by Crippen LogP contribution is -2.47. The summed E-state index contributed by atoms with van der Waals surface area (Å²) in [6.45, 7) is 13.3. The van der Waals surface area contributed by atoms with E-state index in [4.69, 9.17) is 0 Å². The molecule has 2 heteroatoms. The van der Waals surface area contributed by atoms with Gasteiger partial charge in [-0.2, -0.15) is 0 Å². The zero-order chi connectivity index (χ0) is 15.2. The van der Waals surface area contributed by atoms with Crippen LogP contribution in [-0.4, -0.2) is 36.6 Å². The summed E-state index contributed by atoms with van der Waals surface area (Å²) in [5.74, 6) is 2.70. The molecule has 124 valence electrons. The normalized spacial score (nSPS) is 30.3. The highest BCUT2D eigenvalue weighted by atomic mass is 15.2. The Hall–Kier alpha value is -0.0800. The zero-order valence-electron chi connectivity index (χ0n) is 14.9. The maximum Gasteiger partial charge on any atom is 0.0108 e. The van der Waals surface area contributed by atoms with E-state index in [0.717, 1.165) is 29.8 Å². The Kier molecular flexibility index (Phi) is 7.01. The zero-order valence-corrected chi connectivity index (χ0v) is 14.9. The predicted molar refractivity (Wildman–Crippen MR) is 92.6 cm³/mol. The number of hydrogen-bond donors (Lipinski definition) is 1. The van der Waals surface area contributed by atoms with Crippen LogP contribution in [0.2, 0.25) is 0 Å². The third-order valence-corrected chi connectivity index (χ3v) is 5.67. The fraction of sp³-hybridized carbons (Fsp3) is 1.00. The van der Waals surface area contributed by atoms with Gasteiger partial charge in [0.05, 0.1) is 0 Å². The molecule has 3 unspecified atom stereocenters.